The lowest BCUT2D eigenvalue weighted by Gasteiger charge is -2.39. The minimum Gasteiger partial charge on any atom is -0.458 e. The molecule has 6 unspecified atom stereocenters. The molecule has 0 amide bonds. The molecule has 6 atom stereocenters. The van der Waals surface area contributed by atoms with Crippen molar-refractivity contribution >= 4 is 28.6 Å². The van der Waals surface area contributed by atoms with Crippen LogP contribution >= 0.6 is 22.6 Å². The van der Waals surface area contributed by atoms with Crippen LogP contribution in [-0.2, 0) is 9.53 Å². The molecule has 2 nitrogen and oxygen atoms in total. The molecule has 0 aromatic carbocycles. The molecule has 0 heterocycles. The Morgan fingerprint density at radius 1 is 1.37 bits per heavy atom. The zero-order valence-corrected chi connectivity index (χ0v) is 14.4. The van der Waals surface area contributed by atoms with Crippen molar-refractivity contribution in [3.8, 4) is 0 Å². The number of carbonyl (C=O) groups excluding carboxylic acids is 1. The predicted octanol–water partition coefficient (Wildman–Crippen LogP) is 4.35. The van der Waals surface area contributed by atoms with Crippen LogP contribution in [0.25, 0.3) is 0 Å². The van der Waals surface area contributed by atoms with Gasteiger partial charge in [-0.2, -0.15) is 0 Å². The van der Waals surface area contributed by atoms with Crippen molar-refractivity contribution in [2.75, 3.05) is 0 Å². The van der Waals surface area contributed by atoms with Gasteiger partial charge in [0.05, 0.1) is 0 Å². The molecule has 108 valence electrons. The van der Waals surface area contributed by atoms with Gasteiger partial charge in [-0.05, 0) is 55.8 Å². The van der Waals surface area contributed by atoms with Gasteiger partial charge in [-0.1, -0.05) is 43.4 Å². The largest absolute Gasteiger partial charge is 0.458 e. The van der Waals surface area contributed by atoms with E-state index in [0.29, 0.717) is 17.3 Å². The Labute approximate surface area is 130 Å². The highest BCUT2D eigenvalue weighted by molar-refractivity contribution is 14.1. The van der Waals surface area contributed by atoms with Gasteiger partial charge in [0, 0.05) is 5.92 Å². The van der Waals surface area contributed by atoms with Crippen molar-refractivity contribution in [3.05, 3.63) is 0 Å². The maximum atomic E-state index is 12.3. The number of alkyl halides is 1. The fourth-order valence-electron chi connectivity index (χ4n) is 5.25. The second-order valence-electron chi connectivity index (χ2n) is 7.17. The van der Waals surface area contributed by atoms with Crippen molar-refractivity contribution < 1.29 is 9.53 Å². The second-order valence-corrected chi connectivity index (χ2v) is 8.67. The van der Waals surface area contributed by atoms with Crippen molar-refractivity contribution in [1.82, 2.24) is 0 Å². The molecule has 0 aromatic heterocycles. The topological polar surface area (TPSA) is 26.3 Å². The van der Waals surface area contributed by atoms with Gasteiger partial charge in [-0.25, -0.2) is 0 Å². The summed E-state index contributed by atoms with van der Waals surface area (Å²) in [5.41, 5.74) is 0.450. The number of rotatable bonds is 4. The van der Waals surface area contributed by atoms with Crippen LogP contribution in [0.1, 0.15) is 59.3 Å². The van der Waals surface area contributed by atoms with E-state index in [9.17, 15) is 4.79 Å². The first-order valence-electron chi connectivity index (χ1n) is 7.84. The van der Waals surface area contributed by atoms with E-state index >= 15 is 0 Å². The van der Waals surface area contributed by atoms with E-state index in [1.807, 2.05) is 0 Å². The molecular formula is C16H25IO2. The highest BCUT2D eigenvalue weighted by Gasteiger charge is 2.74. The molecule has 0 saturated heterocycles. The molecule has 2 bridgehead atoms. The summed E-state index contributed by atoms with van der Waals surface area (Å²) < 4.78 is 6.19. The zero-order valence-electron chi connectivity index (χ0n) is 12.2. The Morgan fingerprint density at radius 2 is 2.11 bits per heavy atom. The predicted molar refractivity (Wildman–Crippen MR) is 84.3 cm³/mol. The third kappa shape index (κ3) is 1.97. The lowest BCUT2D eigenvalue weighted by molar-refractivity contribution is -0.167. The van der Waals surface area contributed by atoms with Crippen LogP contribution in [0, 0.1) is 23.2 Å². The number of carbonyl (C=O) groups is 1. The molecule has 3 saturated carbocycles. The molecule has 0 aliphatic heterocycles. The average molecular weight is 376 g/mol. The van der Waals surface area contributed by atoms with Gasteiger partial charge in [-0.3, -0.25) is 4.79 Å². The molecule has 0 N–H and O–H groups in total. The van der Waals surface area contributed by atoms with Gasteiger partial charge in [0.25, 0.3) is 0 Å². The number of hydrogen-bond donors (Lipinski definition) is 0. The van der Waals surface area contributed by atoms with E-state index in [-0.39, 0.29) is 15.5 Å². The lowest BCUT2D eigenvalue weighted by atomic mass is 9.73. The molecule has 3 rings (SSSR count). The smallest absolute Gasteiger partial charge is 0.319 e. The van der Waals surface area contributed by atoms with Crippen LogP contribution in [0.5, 0.6) is 0 Å². The Bertz CT molecular complexity index is 396. The monoisotopic (exact) mass is 376 g/mol. The van der Waals surface area contributed by atoms with Gasteiger partial charge in [0.15, 0.2) is 0 Å². The van der Waals surface area contributed by atoms with E-state index in [1.54, 1.807) is 0 Å². The van der Waals surface area contributed by atoms with Gasteiger partial charge in [0.1, 0.15) is 9.53 Å². The van der Waals surface area contributed by atoms with Crippen LogP contribution in [0.3, 0.4) is 0 Å². The first kappa shape index (κ1) is 14.2. The normalized spacial score (nSPS) is 48.5. The van der Waals surface area contributed by atoms with Crippen molar-refractivity contribution in [2.24, 2.45) is 23.2 Å². The molecule has 3 aliphatic rings. The summed E-state index contributed by atoms with van der Waals surface area (Å²) in [6.45, 7) is 6.66. The molecule has 3 fully saturated rings. The van der Waals surface area contributed by atoms with Crippen LogP contribution in [0.15, 0.2) is 0 Å². The third-order valence-corrected chi connectivity index (χ3v) is 7.41. The number of esters is 1. The molecule has 0 aromatic rings. The van der Waals surface area contributed by atoms with E-state index in [4.69, 9.17) is 4.74 Å². The van der Waals surface area contributed by atoms with E-state index in [2.05, 4.69) is 43.4 Å². The summed E-state index contributed by atoms with van der Waals surface area (Å²) in [5.74, 6) is 2.15. The number of halogens is 1. The quantitative estimate of drug-likeness (QED) is 0.414. The molecule has 19 heavy (non-hydrogen) atoms. The standard InChI is InChI=1S/C16H25IO2/c1-4-12(17)14(18)19-16(5-2)11-6-10(3)7-15(8-11)9-13(15)16/h10-13H,4-9H2,1-3H3. The minimum atomic E-state index is -0.111. The van der Waals surface area contributed by atoms with Crippen molar-refractivity contribution in [2.45, 2.75) is 68.8 Å². The first-order valence-corrected chi connectivity index (χ1v) is 9.09. The van der Waals surface area contributed by atoms with Crippen molar-refractivity contribution in [3.63, 3.8) is 0 Å². The van der Waals surface area contributed by atoms with Crippen LogP contribution < -0.4 is 0 Å². The number of ether oxygens (including phenoxy) is 1. The van der Waals surface area contributed by atoms with Crippen LogP contribution in [0.2, 0.25) is 0 Å². The summed E-state index contributed by atoms with van der Waals surface area (Å²) in [4.78, 5) is 12.3. The fourth-order valence-corrected chi connectivity index (χ4v) is 5.37. The summed E-state index contributed by atoms with van der Waals surface area (Å²) in [5, 5.41) is 0. The molecule has 0 radical (unpaired) electrons. The second kappa shape index (κ2) is 4.60. The SMILES string of the molecule is CCC(I)C(=O)OC1(CC)C2CC(C)CC3(C2)CC31. The highest BCUT2D eigenvalue weighted by Crippen LogP contribution is 2.77. The highest BCUT2D eigenvalue weighted by atomic mass is 127. The van der Waals surface area contributed by atoms with E-state index in [1.165, 1.54) is 25.7 Å². The Hall–Kier alpha value is 0.200. The maximum Gasteiger partial charge on any atom is 0.319 e. The Kier molecular flexibility index (Phi) is 3.43. The zero-order chi connectivity index (χ0) is 13.8. The maximum absolute atomic E-state index is 12.3. The Morgan fingerprint density at radius 3 is 2.74 bits per heavy atom. The summed E-state index contributed by atoms with van der Waals surface area (Å²) >= 11 is 2.23. The minimum absolute atomic E-state index is 0.0219. The van der Waals surface area contributed by atoms with E-state index < -0.39 is 0 Å². The first-order chi connectivity index (χ1) is 8.97. The lowest BCUT2D eigenvalue weighted by Crippen LogP contribution is -2.43. The van der Waals surface area contributed by atoms with Gasteiger partial charge in [0.2, 0.25) is 0 Å². The van der Waals surface area contributed by atoms with Crippen molar-refractivity contribution in [1.29, 1.82) is 0 Å². The molecule has 1 spiro atoms. The van der Waals surface area contributed by atoms with Gasteiger partial charge in [-0.15, -0.1) is 0 Å². The number of fused-ring (bicyclic) bond motifs is 1. The summed E-state index contributed by atoms with van der Waals surface area (Å²) in [7, 11) is 0. The summed E-state index contributed by atoms with van der Waals surface area (Å²) in [6.07, 6.45) is 7.15. The third-order valence-electron chi connectivity index (χ3n) is 6.02. The average Bonchev–Trinajstić information content (AvgIpc) is 3.02. The van der Waals surface area contributed by atoms with Gasteiger partial charge >= 0.3 is 5.97 Å². The van der Waals surface area contributed by atoms with Gasteiger partial charge < -0.3 is 4.74 Å². The molecular weight excluding hydrogens is 351 g/mol. The Balaban J connectivity index is 1.83. The molecule has 3 aliphatic carbocycles. The van der Waals surface area contributed by atoms with Crippen LogP contribution in [-0.4, -0.2) is 15.5 Å². The van der Waals surface area contributed by atoms with Crippen LogP contribution in [0.4, 0.5) is 0 Å². The number of hydrogen-bond acceptors (Lipinski definition) is 2. The van der Waals surface area contributed by atoms with E-state index in [0.717, 1.165) is 18.8 Å². The summed E-state index contributed by atoms with van der Waals surface area (Å²) in [6, 6.07) is 0. The molecule has 3 heteroatoms. The fraction of sp³-hybridized carbons (Fsp3) is 0.938.